The highest BCUT2D eigenvalue weighted by Gasteiger charge is 2.29. The van der Waals surface area contributed by atoms with E-state index in [9.17, 15) is 4.79 Å². The van der Waals surface area contributed by atoms with Crippen LogP contribution in [0.25, 0.3) is 0 Å². The second-order valence-electron chi connectivity index (χ2n) is 5.59. The SMILES string of the molecule is CC(C)(CNC(=O)c1cc(Br)cnc1Cl)N1CCOCC1. The molecule has 7 heteroatoms. The molecule has 1 saturated heterocycles. The number of aromatic nitrogens is 1. The maximum absolute atomic E-state index is 12.2. The van der Waals surface area contributed by atoms with Gasteiger partial charge in [0.1, 0.15) is 5.15 Å². The third-order valence-corrected chi connectivity index (χ3v) is 4.33. The van der Waals surface area contributed by atoms with Crippen molar-refractivity contribution < 1.29 is 9.53 Å². The van der Waals surface area contributed by atoms with Gasteiger partial charge in [-0.3, -0.25) is 9.69 Å². The Kier molecular flexibility index (Phi) is 5.60. The smallest absolute Gasteiger partial charge is 0.254 e. The van der Waals surface area contributed by atoms with Gasteiger partial charge in [-0.1, -0.05) is 11.6 Å². The zero-order valence-corrected chi connectivity index (χ0v) is 14.5. The first-order valence-corrected chi connectivity index (χ1v) is 7.99. The van der Waals surface area contributed by atoms with E-state index in [0.29, 0.717) is 12.1 Å². The van der Waals surface area contributed by atoms with E-state index in [1.165, 1.54) is 0 Å². The number of nitrogens with zero attached hydrogens (tertiary/aromatic N) is 2. The largest absolute Gasteiger partial charge is 0.379 e. The Labute approximate surface area is 138 Å². The van der Waals surface area contributed by atoms with Crippen LogP contribution in [0.2, 0.25) is 5.15 Å². The van der Waals surface area contributed by atoms with Gasteiger partial charge >= 0.3 is 0 Å². The summed E-state index contributed by atoms with van der Waals surface area (Å²) in [4.78, 5) is 18.5. The second kappa shape index (κ2) is 7.05. The minimum absolute atomic E-state index is 0.134. The maximum atomic E-state index is 12.2. The van der Waals surface area contributed by atoms with Crippen molar-refractivity contribution in [1.82, 2.24) is 15.2 Å². The fourth-order valence-corrected chi connectivity index (χ4v) is 2.77. The Morgan fingerprint density at radius 1 is 1.52 bits per heavy atom. The van der Waals surface area contributed by atoms with Crippen LogP contribution in [0.3, 0.4) is 0 Å². The highest BCUT2D eigenvalue weighted by molar-refractivity contribution is 9.10. The van der Waals surface area contributed by atoms with E-state index in [1.54, 1.807) is 12.3 Å². The molecule has 21 heavy (non-hydrogen) atoms. The number of halogens is 2. The number of ether oxygens (including phenoxy) is 1. The molecule has 5 nitrogen and oxygen atoms in total. The quantitative estimate of drug-likeness (QED) is 0.820. The van der Waals surface area contributed by atoms with Crippen LogP contribution >= 0.6 is 27.5 Å². The van der Waals surface area contributed by atoms with Gasteiger partial charge in [-0.2, -0.15) is 0 Å². The third-order valence-electron chi connectivity index (χ3n) is 3.60. The minimum atomic E-state index is -0.213. The fourth-order valence-electron chi connectivity index (χ4n) is 2.25. The number of nitrogens with one attached hydrogen (secondary N) is 1. The van der Waals surface area contributed by atoms with Gasteiger partial charge in [-0.05, 0) is 35.8 Å². The van der Waals surface area contributed by atoms with Crippen LogP contribution in [0.4, 0.5) is 0 Å². The summed E-state index contributed by atoms with van der Waals surface area (Å²) in [6, 6.07) is 1.67. The fraction of sp³-hybridized carbons (Fsp3) is 0.571. The van der Waals surface area contributed by atoms with Crippen LogP contribution in [-0.2, 0) is 4.74 Å². The zero-order valence-electron chi connectivity index (χ0n) is 12.2. The van der Waals surface area contributed by atoms with Gasteiger partial charge in [0.15, 0.2) is 0 Å². The van der Waals surface area contributed by atoms with Crippen molar-refractivity contribution in [1.29, 1.82) is 0 Å². The van der Waals surface area contributed by atoms with Crippen molar-refractivity contribution in [2.24, 2.45) is 0 Å². The van der Waals surface area contributed by atoms with Crippen molar-refractivity contribution >= 4 is 33.4 Å². The van der Waals surface area contributed by atoms with Crippen molar-refractivity contribution in [3.8, 4) is 0 Å². The lowest BCUT2D eigenvalue weighted by Crippen LogP contribution is -2.55. The molecule has 2 heterocycles. The topological polar surface area (TPSA) is 54.5 Å². The summed E-state index contributed by atoms with van der Waals surface area (Å²) >= 11 is 9.26. The molecule has 0 spiro atoms. The van der Waals surface area contributed by atoms with Crippen LogP contribution < -0.4 is 5.32 Å². The molecule has 1 aliphatic heterocycles. The van der Waals surface area contributed by atoms with Crippen molar-refractivity contribution in [3.63, 3.8) is 0 Å². The van der Waals surface area contributed by atoms with Crippen LogP contribution in [0, 0.1) is 0 Å². The normalized spacial score (nSPS) is 16.8. The summed E-state index contributed by atoms with van der Waals surface area (Å²) in [5.74, 6) is -0.213. The van der Waals surface area contributed by atoms with E-state index >= 15 is 0 Å². The molecule has 1 fully saturated rings. The number of hydrogen-bond donors (Lipinski definition) is 1. The van der Waals surface area contributed by atoms with Gasteiger partial charge in [0.2, 0.25) is 0 Å². The molecule has 0 atom stereocenters. The molecule has 0 aliphatic carbocycles. The summed E-state index contributed by atoms with van der Waals surface area (Å²) in [5.41, 5.74) is 0.245. The first-order chi connectivity index (χ1) is 9.90. The Balaban J connectivity index is 1.98. The molecule has 1 N–H and O–H groups in total. The van der Waals surface area contributed by atoms with Crippen LogP contribution in [0.15, 0.2) is 16.7 Å². The van der Waals surface area contributed by atoms with Gasteiger partial charge in [0.25, 0.3) is 5.91 Å². The Morgan fingerprint density at radius 3 is 2.86 bits per heavy atom. The van der Waals surface area contributed by atoms with Gasteiger partial charge in [0.05, 0.1) is 18.8 Å². The molecule has 0 aromatic carbocycles. The monoisotopic (exact) mass is 375 g/mol. The summed E-state index contributed by atoms with van der Waals surface area (Å²) in [6.07, 6.45) is 1.57. The third kappa shape index (κ3) is 4.39. The highest BCUT2D eigenvalue weighted by Crippen LogP contribution is 2.19. The van der Waals surface area contributed by atoms with Gasteiger partial charge < -0.3 is 10.1 Å². The number of pyridine rings is 1. The van der Waals surface area contributed by atoms with E-state index < -0.39 is 0 Å². The number of morpholine rings is 1. The molecule has 0 unspecified atom stereocenters. The van der Waals surface area contributed by atoms with Crippen LogP contribution in [0.5, 0.6) is 0 Å². The number of hydrogen-bond acceptors (Lipinski definition) is 4. The molecule has 0 radical (unpaired) electrons. The lowest BCUT2D eigenvalue weighted by Gasteiger charge is -2.40. The second-order valence-corrected chi connectivity index (χ2v) is 6.86. The Morgan fingerprint density at radius 2 is 2.19 bits per heavy atom. The molecule has 2 rings (SSSR count). The predicted molar refractivity (Wildman–Crippen MR) is 85.8 cm³/mol. The van der Waals surface area contributed by atoms with Crippen molar-refractivity contribution in [2.75, 3.05) is 32.8 Å². The highest BCUT2D eigenvalue weighted by atomic mass is 79.9. The Bertz CT molecular complexity index is 519. The number of rotatable bonds is 4. The van der Waals surface area contributed by atoms with E-state index in [2.05, 4.69) is 45.0 Å². The van der Waals surface area contributed by atoms with Crippen molar-refractivity contribution in [3.05, 3.63) is 27.5 Å². The Hall–Kier alpha value is -0.690. The average Bonchev–Trinajstić information content (AvgIpc) is 2.48. The minimum Gasteiger partial charge on any atom is -0.379 e. The van der Waals surface area contributed by atoms with Gasteiger partial charge in [0, 0.05) is 35.8 Å². The standard InChI is InChI=1S/C14H19BrClN3O2/c1-14(2,19-3-5-21-6-4-19)9-18-13(20)11-7-10(15)8-17-12(11)16/h7-8H,3-6,9H2,1-2H3,(H,18,20). The first kappa shape index (κ1) is 16.7. The van der Waals surface area contributed by atoms with E-state index in [4.69, 9.17) is 16.3 Å². The number of carbonyl (C=O) groups excluding carboxylic acids is 1. The molecule has 0 saturated carbocycles. The lowest BCUT2D eigenvalue weighted by molar-refractivity contribution is -0.00923. The molecule has 116 valence electrons. The van der Waals surface area contributed by atoms with E-state index in [-0.39, 0.29) is 16.6 Å². The molecular weight excluding hydrogens is 358 g/mol. The molecule has 1 aromatic heterocycles. The zero-order chi connectivity index (χ0) is 15.5. The van der Waals surface area contributed by atoms with Gasteiger partial charge in [-0.25, -0.2) is 4.98 Å². The molecule has 1 amide bonds. The van der Waals surface area contributed by atoms with Crippen LogP contribution in [0.1, 0.15) is 24.2 Å². The van der Waals surface area contributed by atoms with E-state index in [1.807, 2.05) is 0 Å². The number of carbonyl (C=O) groups is 1. The molecule has 1 aliphatic rings. The first-order valence-electron chi connectivity index (χ1n) is 6.82. The summed E-state index contributed by atoms with van der Waals surface area (Å²) < 4.78 is 6.09. The molecule has 0 bridgehead atoms. The summed E-state index contributed by atoms with van der Waals surface area (Å²) in [6.45, 7) is 7.98. The predicted octanol–water partition coefficient (Wildman–Crippen LogP) is 2.34. The lowest BCUT2D eigenvalue weighted by atomic mass is 10.0. The summed E-state index contributed by atoms with van der Waals surface area (Å²) in [7, 11) is 0. The molecule has 1 aromatic rings. The van der Waals surface area contributed by atoms with Gasteiger partial charge in [-0.15, -0.1) is 0 Å². The van der Waals surface area contributed by atoms with Crippen LogP contribution in [-0.4, -0.2) is 54.2 Å². The average molecular weight is 377 g/mol. The number of amides is 1. The summed E-state index contributed by atoms with van der Waals surface area (Å²) in [5, 5.41) is 3.15. The van der Waals surface area contributed by atoms with Crippen molar-refractivity contribution in [2.45, 2.75) is 19.4 Å². The maximum Gasteiger partial charge on any atom is 0.254 e. The molecular formula is C14H19BrClN3O2. The van der Waals surface area contributed by atoms with E-state index in [0.717, 1.165) is 30.8 Å².